The van der Waals surface area contributed by atoms with Crippen LogP contribution in [-0.2, 0) is 0 Å². The van der Waals surface area contributed by atoms with Gasteiger partial charge in [0.15, 0.2) is 0 Å². The topological polar surface area (TPSA) is 26.0 Å². The van der Waals surface area contributed by atoms with E-state index in [1.165, 1.54) is 0 Å². The Labute approximate surface area is 73.0 Å². The molecule has 1 aromatic rings. The van der Waals surface area contributed by atoms with Crippen molar-refractivity contribution in [2.75, 3.05) is 0 Å². The molecular weight excluding hydrogens is 156 g/mol. The zero-order valence-electron chi connectivity index (χ0n) is 6.34. The molecule has 0 aliphatic heterocycles. The van der Waals surface area contributed by atoms with Crippen LogP contribution in [0, 0.1) is 0 Å². The quantitative estimate of drug-likeness (QED) is 0.621. The number of hydrogen-bond donors (Lipinski definition) is 1. The van der Waals surface area contributed by atoms with Crippen LogP contribution in [0.4, 0.5) is 0 Å². The smallest absolute Gasteiger partial charge is 0.113 e. The summed E-state index contributed by atoms with van der Waals surface area (Å²) in [4.78, 5) is 0. The highest BCUT2D eigenvalue weighted by Crippen LogP contribution is 2.18. The monoisotopic (exact) mass is 165 g/mol. The fourth-order valence-electron chi connectivity index (χ4n) is 0.913. The molecular formula is C8H9BClN. The molecule has 0 fully saturated rings. The zero-order valence-corrected chi connectivity index (χ0v) is 7.10. The molecule has 2 N–H and O–H groups in total. The Morgan fingerprint density at radius 1 is 1.55 bits per heavy atom. The minimum atomic E-state index is -0.0388. The minimum Gasteiger partial charge on any atom is -0.324 e. The van der Waals surface area contributed by atoms with Crippen LogP contribution in [0.2, 0.25) is 5.02 Å². The fourth-order valence-corrected chi connectivity index (χ4v) is 1.27. The molecule has 0 bridgehead atoms. The van der Waals surface area contributed by atoms with Gasteiger partial charge in [0.2, 0.25) is 0 Å². The van der Waals surface area contributed by atoms with E-state index in [1.54, 1.807) is 12.1 Å². The normalized spacial score (nSPS) is 13.0. The van der Waals surface area contributed by atoms with E-state index in [9.17, 15) is 0 Å². The molecule has 0 heterocycles. The molecule has 0 aliphatic carbocycles. The highest BCUT2D eigenvalue weighted by atomic mass is 35.5. The maximum Gasteiger partial charge on any atom is 0.113 e. The lowest BCUT2D eigenvalue weighted by Crippen LogP contribution is -2.09. The van der Waals surface area contributed by atoms with Crippen molar-refractivity contribution in [1.82, 2.24) is 0 Å². The predicted octanol–water partition coefficient (Wildman–Crippen LogP) is 1.15. The second-order valence-corrected chi connectivity index (χ2v) is 2.98. The standard InChI is InChI=1S/C8H9BClN/c1-5(11)7-3-2-6(9)4-8(7)10/h2-5H,11H2,1H3. The van der Waals surface area contributed by atoms with Gasteiger partial charge in [0.1, 0.15) is 7.85 Å². The van der Waals surface area contributed by atoms with Crippen molar-refractivity contribution in [3.05, 3.63) is 28.8 Å². The lowest BCUT2D eigenvalue weighted by Gasteiger charge is -2.07. The van der Waals surface area contributed by atoms with E-state index in [4.69, 9.17) is 25.2 Å². The molecule has 3 heteroatoms. The van der Waals surface area contributed by atoms with Gasteiger partial charge in [-0.1, -0.05) is 35.3 Å². The van der Waals surface area contributed by atoms with Crippen molar-refractivity contribution >= 4 is 24.9 Å². The van der Waals surface area contributed by atoms with Crippen LogP contribution in [0.15, 0.2) is 18.2 Å². The van der Waals surface area contributed by atoms with Crippen molar-refractivity contribution in [2.24, 2.45) is 5.73 Å². The van der Waals surface area contributed by atoms with E-state index in [-0.39, 0.29) is 6.04 Å². The first-order valence-electron chi connectivity index (χ1n) is 3.42. The zero-order chi connectivity index (χ0) is 8.43. The third-order valence-electron chi connectivity index (χ3n) is 1.52. The molecule has 2 radical (unpaired) electrons. The van der Waals surface area contributed by atoms with Crippen molar-refractivity contribution in [2.45, 2.75) is 13.0 Å². The highest BCUT2D eigenvalue weighted by Gasteiger charge is 2.03. The molecule has 1 rings (SSSR count). The highest BCUT2D eigenvalue weighted by molar-refractivity contribution is 6.36. The Kier molecular flexibility index (Phi) is 2.58. The summed E-state index contributed by atoms with van der Waals surface area (Å²) >= 11 is 5.86. The Bertz CT molecular complexity index is 260. The molecule has 1 nitrogen and oxygen atoms in total. The lowest BCUT2D eigenvalue weighted by atomic mass is 9.94. The van der Waals surface area contributed by atoms with Gasteiger partial charge < -0.3 is 5.73 Å². The summed E-state index contributed by atoms with van der Waals surface area (Å²) in [5.74, 6) is 0. The van der Waals surface area contributed by atoms with Gasteiger partial charge in [0.05, 0.1) is 0 Å². The molecule has 11 heavy (non-hydrogen) atoms. The van der Waals surface area contributed by atoms with Gasteiger partial charge in [-0.3, -0.25) is 0 Å². The molecule has 0 saturated heterocycles. The van der Waals surface area contributed by atoms with Gasteiger partial charge in [-0.2, -0.15) is 0 Å². The van der Waals surface area contributed by atoms with Crippen LogP contribution in [0.3, 0.4) is 0 Å². The Morgan fingerprint density at radius 2 is 2.18 bits per heavy atom. The average Bonchev–Trinajstić information content (AvgIpc) is 1.85. The first-order chi connectivity index (χ1) is 5.11. The molecule has 0 aliphatic rings. The van der Waals surface area contributed by atoms with Crippen LogP contribution in [0.5, 0.6) is 0 Å². The van der Waals surface area contributed by atoms with Crippen LogP contribution < -0.4 is 11.2 Å². The number of hydrogen-bond acceptors (Lipinski definition) is 1. The summed E-state index contributed by atoms with van der Waals surface area (Å²) in [6.45, 7) is 1.89. The molecule has 1 atom stereocenters. The number of benzene rings is 1. The maximum atomic E-state index is 5.86. The third-order valence-corrected chi connectivity index (χ3v) is 1.84. The molecule has 1 aromatic carbocycles. The second-order valence-electron chi connectivity index (χ2n) is 2.57. The second kappa shape index (κ2) is 3.29. The van der Waals surface area contributed by atoms with Crippen molar-refractivity contribution in [3.8, 4) is 0 Å². The summed E-state index contributed by atoms with van der Waals surface area (Å²) in [7, 11) is 5.50. The minimum absolute atomic E-state index is 0.0388. The summed E-state index contributed by atoms with van der Waals surface area (Å²) in [6, 6.07) is 5.32. The van der Waals surface area contributed by atoms with Gasteiger partial charge in [-0.25, -0.2) is 0 Å². The van der Waals surface area contributed by atoms with Gasteiger partial charge >= 0.3 is 0 Å². The van der Waals surface area contributed by atoms with E-state index in [1.807, 2.05) is 13.0 Å². The first-order valence-corrected chi connectivity index (χ1v) is 3.79. The van der Waals surface area contributed by atoms with Gasteiger partial charge in [0, 0.05) is 11.1 Å². The van der Waals surface area contributed by atoms with Gasteiger partial charge in [-0.05, 0) is 12.5 Å². The third kappa shape index (κ3) is 1.98. The molecule has 0 aromatic heterocycles. The van der Waals surface area contributed by atoms with Crippen LogP contribution in [0.1, 0.15) is 18.5 Å². The lowest BCUT2D eigenvalue weighted by molar-refractivity contribution is 0.819. The number of nitrogens with two attached hydrogens (primary N) is 1. The predicted molar refractivity (Wildman–Crippen MR) is 49.4 cm³/mol. The van der Waals surface area contributed by atoms with Gasteiger partial charge in [0.25, 0.3) is 0 Å². The molecule has 1 unspecified atom stereocenters. The van der Waals surface area contributed by atoms with Crippen molar-refractivity contribution < 1.29 is 0 Å². The van der Waals surface area contributed by atoms with Crippen molar-refractivity contribution in [1.29, 1.82) is 0 Å². The van der Waals surface area contributed by atoms with Crippen molar-refractivity contribution in [3.63, 3.8) is 0 Å². The van der Waals surface area contributed by atoms with E-state index in [2.05, 4.69) is 0 Å². The molecule has 0 amide bonds. The average molecular weight is 165 g/mol. The molecule has 0 spiro atoms. The SMILES string of the molecule is [B]c1ccc(C(C)N)c(Cl)c1. The Hall–Kier alpha value is -0.465. The molecule has 56 valence electrons. The summed E-state index contributed by atoms with van der Waals surface area (Å²) in [5.41, 5.74) is 7.24. The summed E-state index contributed by atoms with van der Waals surface area (Å²) < 4.78 is 0. The Balaban J connectivity index is 3.09. The molecule has 0 saturated carbocycles. The largest absolute Gasteiger partial charge is 0.324 e. The Morgan fingerprint density at radius 3 is 2.64 bits per heavy atom. The van der Waals surface area contributed by atoms with Gasteiger partial charge in [-0.15, -0.1) is 0 Å². The van der Waals surface area contributed by atoms with E-state index >= 15 is 0 Å². The number of halogens is 1. The summed E-state index contributed by atoms with van der Waals surface area (Å²) in [6.07, 6.45) is 0. The van der Waals surface area contributed by atoms with Crippen LogP contribution >= 0.6 is 11.6 Å². The van der Waals surface area contributed by atoms with E-state index in [0.717, 1.165) is 5.56 Å². The first kappa shape index (κ1) is 8.63. The van der Waals surface area contributed by atoms with E-state index in [0.29, 0.717) is 10.5 Å². The van der Waals surface area contributed by atoms with Crippen LogP contribution in [0.25, 0.3) is 0 Å². The fraction of sp³-hybridized carbons (Fsp3) is 0.250. The summed E-state index contributed by atoms with van der Waals surface area (Å²) in [5, 5.41) is 0.639. The maximum absolute atomic E-state index is 5.86. The van der Waals surface area contributed by atoms with E-state index < -0.39 is 0 Å². The van der Waals surface area contributed by atoms with Crippen LogP contribution in [-0.4, -0.2) is 7.85 Å². The number of rotatable bonds is 1.